The normalized spacial score (nSPS) is 10.9. The number of halogens is 1. The molecule has 0 bridgehead atoms. The smallest absolute Gasteiger partial charge is 0.203 e. The number of aryl methyl sites for hydroxylation is 1. The van der Waals surface area contributed by atoms with Crippen molar-refractivity contribution < 1.29 is 4.79 Å². The summed E-state index contributed by atoms with van der Waals surface area (Å²) in [6.45, 7) is 1.92. The zero-order valence-corrected chi connectivity index (χ0v) is 12.5. The minimum absolute atomic E-state index is 0.127. The number of carbonyl (C=O) groups is 1. The van der Waals surface area contributed by atoms with Crippen LogP contribution in [0.5, 0.6) is 0 Å². The number of nitriles is 1. The second kappa shape index (κ2) is 6.31. The highest BCUT2D eigenvalue weighted by Gasteiger charge is 2.12. The number of hydrogen-bond acceptors (Lipinski definition) is 2. The second-order valence-corrected chi connectivity index (χ2v) is 5.24. The zero-order valence-electron chi connectivity index (χ0n) is 10.9. The quantitative estimate of drug-likeness (QED) is 0.472. The van der Waals surface area contributed by atoms with Crippen molar-refractivity contribution in [2.75, 3.05) is 0 Å². The Morgan fingerprint density at radius 3 is 2.60 bits per heavy atom. The largest absolute Gasteiger partial charge is 0.288 e. The van der Waals surface area contributed by atoms with Gasteiger partial charge in [0.05, 0.1) is 0 Å². The number of rotatable bonds is 3. The SMILES string of the molecule is Cc1cccc(C(=O)/C(C#N)=C/c2ccccc2Br)c1. The van der Waals surface area contributed by atoms with Crippen molar-refractivity contribution in [3.05, 3.63) is 75.3 Å². The molecule has 2 nitrogen and oxygen atoms in total. The van der Waals surface area contributed by atoms with Gasteiger partial charge >= 0.3 is 0 Å². The van der Waals surface area contributed by atoms with Crippen LogP contribution in [-0.2, 0) is 0 Å². The number of benzene rings is 2. The number of Topliss-reactive ketones (excluding diaryl/α,β-unsaturated/α-hetero) is 1. The summed E-state index contributed by atoms with van der Waals surface area (Å²) in [6.07, 6.45) is 1.61. The minimum Gasteiger partial charge on any atom is -0.288 e. The fraction of sp³-hybridized carbons (Fsp3) is 0.0588. The van der Waals surface area contributed by atoms with E-state index in [9.17, 15) is 10.1 Å². The Morgan fingerprint density at radius 2 is 1.95 bits per heavy atom. The topological polar surface area (TPSA) is 40.9 Å². The fourth-order valence-electron chi connectivity index (χ4n) is 1.84. The van der Waals surface area contributed by atoms with E-state index in [2.05, 4.69) is 15.9 Å². The molecule has 0 aromatic heterocycles. The Morgan fingerprint density at radius 1 is 1.20 bits per heavy atom. The molecule has 0 unspecified atom stereocenters. The van der Waals surface area contributed by atoms with Crippen LogP contribution in [0.2, 0.25) is 0 Å². The van der Waals surface area contributed by atoms with Crippen LogP contribution >= 0.6 is 15.9 Å². The highest BCUT2D eigenvalue weighted by Crippen LogP contribution is 2.20. The van der Waals surface area contributed by atoms with E-state index in [0.717, 1.165) is 15.6 Å². The second-order valence-electron chi connectivity index (χ2n) is 4.39. The molecule has 0 N–H and O–H groups in total. The number of nitrogens with zero attached hydrogens (tertiary/aromatic N) is 1. The van der Waals surface area contributed by atoms with Crippen LogP contribution in [-0.4, -0.2) is 5.78 Å². The van der Waals surface area contributed by atoms with Crippen LogP contribution in [0.15, 0.2) is 58.6 Å². The van der Waals surface area contributed by atoms with E-state index in [4.69, 9.17) is 0 Å². The predicted octanol–water partition coefficient (Wildman–Crippen LogP) is 4.55. The Bertz CT molecular complexity index is 726. The molecule has 0 amide bonds. The van der Waals surface area contributed by atoms with Gasteiger partial charge in [-0.3, -0.25) is 4.79 Å². The number of hydrogen-bond donors (Lipinski definition) is 0. The minimum atomic E-state index is -0.257. The van der Waals surface area contributed by atoms with Crippen LogP contribution in [0.25, 0.3) is 6.08 Å². The van der Waals surface area contributed by atoms with Crippen molar-refractivity contribution >= 4 is 27.8 Å². The molecule has 0 saturated heterocycles. The van der Waals surface area contributed by atoms with Gasteiger partial charge < -0.3 is 0 Å². The number of allylic oxidation sites excluding steroid dienone is 1. The van der Waals surface area contributed by atoms with E-state index in [-0.39, 0.29) is 11.4 Å². The third-order valence-corrected chi connectivity index (χ3v) is 3.57. The third-order valence-electron chi connectivity index (χ3n) is 2.85. The van der Waals surface area contributed by atoms with Crippen LogP contribution < -0.4 is 0 Å². The first-order valence-corrected chi connectivity index (χ1v) is 6.89. The number of ketones is 1. The van der Waals surface area contributed by atoms with Crippen molar-refractivity contribution in [1.82, 2.24) is 0 Å². The molecule has 3 heteroatoms. The Labute approximate surface area is 126 Å². The highest BCUT2D eigenvalue weighted by atomic mass is 79.9. The van der Waals surface area contributed by atoms with Gasteiger partial charge in [0.25, 0.3) is 0 Å². The summed E-state index contributed by atoms with van der Waals surface area (Å²) in [5.41, 5.74) is 2.46. The van der Waals surface area contributed by atoms with Crippen molar-refractivity contribution in [3.63, 3.8) is 0 Å². The molecule has 0 aliphatic carbocycles. The molecule has 0 heterocycles. The molecule has 0 fully saturated rings. The van der Waals surface area contributed by atoms with E-state index < -0.39 is 0 Å². The maximum atomic E-state index is 12.3. The Hall–Kier alpha value is -2.18. The van der Waals surface area contributed by atoms with Crippen molar-refractivity contribution in [1.29, 1.82) is 5.26 Å². The lowest BCUT2D eigenvalue weighted by molar-refractivity contribution is 0.104. The monoisotopic (exact) mass is 325 g/mol. The van der Waals surface area contributed by atoms with E-state index in [1.165, 1.54) is 0 Å². The van der Waals surface area contributed by atoms with Gasteiger partial charge in [-0.2, -0.15) is 5.26 Å². The van der Waals surface area contributed by atoms with Gasteiger partial charge in [0.15, 0.2) is 0 Å². The summed E-state index contributed by atoms with van der Waals surface area (Å²) in [6, 6.07) is 16.7. The lowest BCUT2D eigenvalue weighted by Crippen LogP contribution is -2.02. The Kier molecular flexibility index (Phi) is 4.49. The van der Waals surface area contributed by atoms with Gasteiger partial charge in [0.1, 0.15) is 11.6 Å². The zero-order chi connectivity index (χ0) is 14.5. The summed E-state index contributed by atoms with van der Waals surface area (Å²) in [5.74, 6) is -0.257. The van der Waals surface area contributed by atoms with E-state index in [1.54, 1.807) is 18.2 Å². The van der Waals surface area contributed by atoms with Crippen molar-refractivity contribution in [3.8, 4) is 6.07 Å². The first kappa shape index (κ1) is 14.2. The van der Waals surface area contributed by atoms with Crippen molar-refractivity contribution in [2.45, 2.75) is 6.92 Å². The lowest BCUT2D eigenvalue weighted by Gasteiger charge is -2.02. The number of carbonyl (C=O) groups excluding carboxylic acids is 1. The first-order valence-electron chi connectivity index (χ1n) is 6.09. The molecular weight excluding hydrogens is 314 g/mol. The molecule has 98 valence electrons. The Balaban J connectivity index is 2.41. The maximum Gasteiger partial charge on any atom is 0.203 e. The molecule has 0 spiro atoms. The molecule has 2 aromatic rings. The van der Waals surface area contributed by atoms with Crippen LogP contribution in [0.3, 0.4) is 0 Å². The predicted molar refractivity (Wildman–Crippen MR) is 83.2 cm³/mol. The average Bonchev–Trinajstić information content (AvgIpc) is 2.46. The van der Waals surface area contributed by atoms with E-state index in [0.29, 0.717) is 5.56 Å². The van der Waals surface area contributed by atoms with Gasteiger partial charge in [-0.1, -0.05) is 57.9 Å². The standard InChI is InChI=1S/C17H12BrNO/c1-12-5-4-7-14(9-12)17(20)15(11-19)10-13-6-2-3-8-16(13)18/h2-10H,1H3/b15-10+. The van der Waals surface area contributed by atoms with Gasteiger partial charge in [0, 0.05) is 10.0 Å². The van der Waals surface area contributed by atoms with Crippen molar-refractivity contribution in [2.24, 2.45) is 0 Å². The molecule has 2 aromatic carbocycles. The summed E-state index contributed by atoms with van der Waals surface area (Å²) in [7, 11) is 0. The summed E-state index contributed by atoms with van der Waals surface area (Å²) in [5, 5.41) is 9.22. The maximum absolute atomic E-state index is 12.3. The summed E-state index contributed by atoms with van der Waals surface area (Å²) >= 11 is 3.41. The molecule has 0 atom stereocenters. The highest BCUT2D eigenvalue weighted by molar-refractivity contribution is 9.10. The van der Waals surface area contributed by atoms with Crippen LogP contribution in [0, 0.1) is 18.3 Å². The molecule has 0 aliphatic heterocycles. The third kappa shape index (κ3) is 3.23. The average molecular weight is 326 g/mol. The molecule has 0 saturated carbocycles. The van der Waals surface area contributed by atoms with Gasteiger partial charge in [0.2, 0.25) is 5.78 Å². The lowest BCUT2D eigenvalue weighted by atomic mass is 10.0. The van der Waals surface area contributed by atoms with Crippen LogP contribution in [0.4, 0.5) is 0 Å². The van der Waals surface area contributed by atoms with E-state index in [1.807, 2.05) is 49.4 Å². The van der Waals surface area contributed by atoms with Gasteiger partial charge in [-0.25, -0.2) is 0 Å². The van der Waals surface area contributed by atoms with Crippen LogP contribution in [0.1, 0.15) is 21.5 Å². The van der Waals surface area contributed by atoms with E-state index >= 15 is 0 Å². The first-order chi connectivity index (χ1) is 9.61. The fourth-order valence-corrected chi connectivity index (χ4v) is 2.24. The molecule has 0 aliphatic rings. The molecular formula is C17H12BrNO. The summed E-state index contributed by atoms with van der Waals surface area (Å²) < 4.78 is 0.852. The van der Waals surface area contributed by atoms with Gasteiger partial charge in [-0.05, 0) is 30.7 Å². The summed E-state index contributed by atoms with van der Waals surface area (Å²) in [4.78, 5) is 12.3. The molecule has 20 heavy (non-hydrogen) atoms. The molecule has 2 rings (SSSR count). The molecule has 0 radical (unpaired) electrons. The van der Waals surface area contributed by atoms with Gasteiger partial charge in [-0.15, -0.1) is 0 Å².